The summed E-state index contributed by atoms with van der Waals surface area (Å²) < 4.78 is 68.0. The van der Waals surface area contributed by atoms with Crippen molar-refractivity contribution in [2.24, 2.45) is 5.92 Å². The van der Waals surface area contributed by atoms with Gasteiger partial charge in [-0.25, -0.2) is 13.1 Å². The molecule has 1 aliphatic rings. The second-order valence-corrected chi connectivity index (χ2v) is 6.37. The van der Waals surface area contributed by atoms with Crippen LogP contribution < -0.4 is 4.72 Å². The minimum Gasteiger partial charge on any atom is -0.384 e. The van der Waals surface area contributed by atoms with E-state index in [9.17, 15) is 21.6 Å². The van der Waals surface area contributed by atoms with E-state index in [0.717, 1.165) is 12.8 Å². The first-order valence-electron chi connectivity index (χ1n) is 5.82. The maximum absolute atomic E-state index is 12.9. The maximum Gasteiger partial charge on any atom is 0.405 e. The number of sulfonamides is 1. The lowest BCUT2D eigenvalue weighted by molar-refractivity contribution is -0.162. The van der Waals surface area contributed by atoms with Crippen LogP contribution in [0.5, 0.6) is 0 Å². The molecule has 0 aromatic rings. The zero-order valence-electron chi connectivity index (χ0n) is 10.2. The highest BCUT2D eigenvalue weighted by atomic mass is 32.2. The third-order valence-corrected chi connectivity index (χ3v) is 4.40. The van der Waals surface area contributed by atoms with E-state index in [1.54, 1.807) is 4.72 Å². The van der Waals surface area contributed by atoms with Crippen molar-refractivity contribution in [3.8, 4) is 0 Å². The van der Waals surface area contributed by atoms with Gasteiger partial charge < -0.3 is 4.74 Å². The summed E-state index contributed by atoms with van der Waals surface area (Å²) in [5.41, 5.74) is 0. The zero-order chi connectivity index (χ0) is 13.8. The standard InChI is InChI=1S/C10H18F3NO3S/c1-17-6-7-18(15,16)14-9(10(11,12)13)8-4-2-3-5-8/h8-9,14H,2-7H2,1H3/t9-/m0/s1. The van der Waals surface area contributed by atoms with Gasteiger partial charge in [-0.15, -0.1) is 0 Å². The van der Waals surface area contributed by atoms with Crippen LogP contribution >= 0.6 is 0 Å². The summed E-state index contributed by atoms with van der Waals surface area (Å²) in [6.45, 7) is -0.120. The highest BCUT2D eigenvalue weighted by Crippen LogP contribution is 2.35. The summed E-state index contributed by atoms with van der Waals surface area (Å²) in [5, 5.41) is 0. The van der Waals surface area contributed by atoms with Gasteiger partial charge >= 0.3 is 6.18 Å². The number of hydrogen-bond donors (Lipinski definition) is 1. The number of rotatable bonds is 6. The first kappa shape index (κ1) is 15.7. The number of alkyl halides is 3. The first-order chi connectivity index (χ1) is 8.26. The van der Waals surface area contributed by atoms with Crippen molar-refractivity contribution in [1.82, 2.24) is 4.72 Å². The molecule has 0 saturated heterocycles. The molecule has 0 spiro atoms. The Balaban J connectivity index is 2.72. The van der Waals surface area contributed by atoms with Crippen molar-refractivity contribution in [2.45, 2.75) is 37.9 Å². The van der Waals surface area contributed by atoms with Gasteiger partial charge in [0.1, 0.15) is 6.04 Å². The van der Waals surface area contributed by atoms with Crippen LogP contribution in [-0.2, 0) is 14.8 Å². The van der Waals surface area contributed by atoms with E-state index in [2.05, 4.69) is 4.74 Å². The predicted molar refractivity (Wildman–Crippen MR) is 60.6 cm³/mol. The zero-order valence-corrected chi connectivity index (χ0v) is 11.0. The smallest absolute Gasteiger partial charge is 0.384 e. The second-order valence-electron chi connectivity index (χ2n) is 4.49. The van der Waals surface area contributed by atoms with Crippen LogP contribution in [-0.4, -0.2) is 40.1 Å². The van der Waals surface area contributed by atoms with Crippen LogP contribution in [0, 0.1) is 5.92 Å². The number of hydrogen-bond acceptors (Lipinski definition) is 3. The van der Waals surface area contributed by atoms with E-state index in [-0.39, 0.29) is 6.61 Å². The summed E-state index contributed by atoms with van der Waals surface area (Å²) in [5.74, 6) is -1.11. The minimum absolute atomic E-state index is 0.120. The Morgan fingerprint density at radius 2 is 1.89 bits per heavy atom. The maximum atomic E-state index is 12.9. The molecule has 1 N–H and O–H groups in total. The van der Waals surface area contributed by atoms with E-state index in [1.165, 1.54) is 7.11 Å². The Labute approximate surface area is 105 Å². The summed E-state index contributed by atoms with van der Waals surface area (Å²) in [7, 11) is -2.66. The number of methoxy groups -OCH3 is 1. The molecule has 18 heavy (non-hydrogen) atoms. The van der Waals surface area contributed by atoms with Crippen LogP contribution in [0.3, 0.4) is 0 Å². The fourth-order valence-electron chi connectivity index (χ4n) is 2.17. The van der Waals surface area contributed by atoms with Crippen molar-refractivity contribution in [3.63, 3.8) is 0 Å². The fourth-order valence-corrected chi connectivity index (χ4v) is 3.38. The van der Waals surface area contributed by atoms with Gasteiger partial charge in [-0.1, -0.05) is 12.8 Å². The average Bonchev–Trinajstić information content (AvgIpc) is 2.75. The molecule has 0 heterocycles. The third kappa shape index (κ3) is 4.74. The molecule has 0 aromatic carbocycles. The van der Waals surface area contributed by atoms with Crippen LogP contribution in [0.1, 0.15) is 25.7 Å². The van der Waals surface area contributed by atoms with Gasteiger partial charge in [-0.2, -0.15) is 13.2 Å². The lowest BCUT2D eigenvalue weighted by Gasteiger charge is -2.26. The van der Waals surface area contributed by atoms with Crippen molar-refractivity contribution >= 4 is 10.0 Å². The number of ether oxygens (including phenoxy) is 1. The highest BCUT2D eigenvalue weighted by Gasteiger charge is 2.47. The molecule has 0 aliphatic heterocycles. The van der Waals surface area contributed by atoms with Crippen LogP contribution in [0.4, 0.5) is 13.2 Å². The molecule has 0 bridgehead atoms. The molecular formula is C10H18F3NO3S. The van der Waals surface area contributed by atoms with Gasteiger partial charge in [0.2, 0.25) is 10.0 Å². The molecule has 0 aromatic heterocycles. The predicted octanol–water partition coefficient (Wildman–Crippen LogP) is 1.67. The molecule has 8 heteroatoms. The van der Waals surface area contributed by atoms with Gasteiger partial charge in [0.15, 0.2) is 0 Å². The van der Waals surface area contributed by atoms with Crippen molar-refractivity contribution < 1.29 is 26.3 Å². The van der Waals surface area contributed by atoms with Crippen molar-refractivity contribution in [3.05, 3.63) is 0 Å². The van der Waals surface area contributed by atoms with E-state index in [1.807, 2.05) is 0 Å². The minimum atomic E-state index is -4.55. The van der Waals surface area contributed by atoms with E-state index < -0.39 is 33.9 Å². The Morgan fingerprint density at radius 1 is 1.33 bits per heavy atom. The fraction of sp³-hybridized carbons (Fsp3) is 1.00. The average molecular weight is 289 g/mol. The molecule has 0 unspecified atom stereocenters. The van der Waals surface area contributed by atoms with Gasteiger partial charge in [-0.05, 0) is 18.8 Å². The Hall–Kier alpha value is -0.340. The summed E-state index contributed by atoms with van der Waals surface area (Å²) in [6.07, 6.45) is -2.28. The lowest BCUT2D eigenvalue weighted by Crippen LogP contribution is -2.50. The van der Waals surface area contributed by atoms with Gasteiger partial charge in [0.25, 0.3) is 0 Å². The molecule has 1 atom stereocenters. The highest BCUT2D eigenvalue weighted by molar-refractivity contribution is 7.89. The molecule has 108 valence electrons. The summed E-state index contributed by atoms with van der Waals surface area (Å²) >= 11 is 0. The van der Waals surface area contributed by atoms with Gasteiger partial charge in [0, 0.05) is 7.11 Å². The molecular weight excluding hydrogens is 271 g/mol. The monoisotopic (exact) mass is 289 g/mol. The van der Waals surface area contributed by atoms with E-state index >= 15 is 0 Å². The van der Waals surface area contributed by atoms with Gasteiger partial charge in [-0.3, -0.25) is 0 Å². The first-order valence-corrected chi connectivity index (χ1v) is 7.47. The summed E-state index contributed by atoms with van der Waals surface area (Å²) in [6, 6.07) is -1.97. The molecule has 1 fully saturated rings. The van der Waals surface area contributed by atoms with E-state index in [0.29, 0.717) is 12.8 Å². The van der Waals surface area contributed by atoms with Crippen LogP contribution in [0.25, 0.3) is 0 Å². The second kappa shape index (κ2) is 6.21. The van der Waals surface area contributed by atoms with Crippen molar-refractivity contribution in [1.29, 1.82) is 0 Å². The Morgan fingerprint density at radius 3 is 2.33 bits per heavy atom. The van der Waals surface area contributed by atoms with Crippen LogP contribution in [0.15, 0.2) is 0 Å². The molecule has 1 rings (SSSR count). The molecule has 0 amide bonds. The molecule has 1 saturated carbocycles. The Kier molecular flexibility index (Phi) is 5.42. The third-order valence-electron chi connectivity index (χ3n) is 3.09. The molecule has 1 aliphatic carbocycles. The number of nitrogens with one attached hydrogen (secondary N) is 1. The van der Waals surface area contributed by atoms with Gasteiger partial charge in [0.05, 0.1) is 12.4 Å². The largest absolute Gasteiger partial charge is 0.405 e. The SMILES string of the molecule is COCCS(=O)(=O)N[C@@H](C1CCCC1)C(F)(F)F. The number of halogens is 3. The van der Waals surface area contributed by atoms with Crippen LogP contribution in [0.2, 0.25) is 0 Å². The molecule has 4 nitrogen and oxygen atoms in total. The summed E-state index contributed by atoms with van der Waals surface area (Å²) in [4.78, 5) is 0. The normalized spacial score (nSPS) is 20.2. The Bertz CT molecular complexity index is 350. The van der Waals surface area contributed by atoms with E-state index in [4.69, 9.17) is 0 Å². The molecule has 0 radical (unpaired) electrons. The topological polar surface area (TPSA) is 55.4 Å². The lowest BCUT2D eigenvalue weighted by atomic mass is 9.99. The quantitative estimate of drug-likeness (QED) is 0.809. The van der Waals surface area contributed by atoms with Crippen molar-refractivity contribution in [2.75, 3.05) is 19.5 Å².